The Morgan fingerprint density at radius 2 is 2.53 bits per heavy atom. The fourth-order valence-electron chi connectivity index (χ4n) is 1.63. The van der Waals surface area contributed by atoms with Crippen LogP contribution in [-0.2, 0) is 0 Å². The van der Waals surface area contributed by atoms with E-state index < -0.39 is 0 Å². The molecule has 4 heteroatoms. The molecular formula is C11H13N3O. The number of piperidine rings is 1. The third-order valence-electron chi connectivity index (χ3n) is 2.40. The molecular weight excluding hydrogens is 190 g/mol. The van der Waals surface area contributed by atoms with Crippen LogP contribution in [0.25, 0.3) is 0 Å². The molecule has 0 amide bonds. The average Bonchev–Trinajstić information content (AvgIpc) is 2.31. The Morgan fingerprint density at radius 1 is 1.60 bits per heavy atom. The number of hydrogen-bond acceptors (Lipinski definition) is 4. The van der Waals surface area contributed by atoms with Crippen LogP contribution in [0.3, 0.4) is 0 Å². The van der Waals surface area contributed by atoms with E-state index in [9.17, 15) is 0 Å². The first-order chi connectivity index (χ1) is 7.38. The van der Waals surface area contributed by atoms with Crippen molar-refractivity contribution < 1.29 is 4.74 Å². The normalized spacial score (nSPS) is 20.6. The van der Waals surface area contributed by atoms with Crippen LogP contribution in [-0.4, -0.2) is 24.2 Å². The largest absolute Gasteiger partial charge is 0.473 e. The predicted molar refractivity (Wildman–Crippen MR) is 55.5 cm³/mol. The molecule has 0 aromatic carbocycles. The van der Waals surface area contributed by atoms with Crippen molar-refractivity contribution in [3.05, 3.63) is 23.9 Å². The van der Waals surface area contributed by atoms with Gasteiger partial charge in [-0.25, -0.2) is 4.98 Å². The molecule has 0 spiro atoms. The van der Waals surface area contributed by atoms with E-state index >= 15 is 0 Å². The summed E-state index contributed by atoms with van der Waals surface area (Å²) < 4.78 is 5.67. The Bertz CT molecular complexity index is 366. The first-order valence-corrected chi connectivity index (χ1v) is 5.12. The van der Waals surface area contributed by atoms with Gasteiger partial charge in [0, 0.05) is 18.8 Å². The van der Waals surface area contributed by atoms with Gasteiger partial charge in [0.05, 0.1) is 11.6 Å². The fraction of sp³-hybridized carbons (Fsp3) is 0.455. The highest BCUT2D eigenvalue weighted by Gasteiger charge is 2.14. The molecule has 0 radical (unpaired) electrons. The molecule has 0 saturated carbocycles. The van der Waals surface area contributed by atoms with Crippen molar-refractivity contribution in [3.8, 4) is 11.9 Å². The molecule has 78 valence electrons. The Kier molecular flexibility index (Phi) is 3.15. The van der Waals surface area contributed by atoms with Gasteiger partial charge in [-0.15, -0.1) is 0 Å². The van der Waals surface area contributed by atoms with Crippen molar-refractivity contribution in [3.63, 3.8) is 0 Å². The number of hydrogen-bond donors (Lipinski definition) is 1. The molecule has 1 N–H and O–H groups in total. The highest BCUT2D eigenvalue weighted by Crippen LogP contribution is 2.13. The SMILES string of the molecule is N#Cc1ccnc(OC2CCCNC2)c1. The van der Waals surface area contributed by atoms with Crippen LogP contribution in [0.4, 0.5) is 0 Å². The van der Waals surface area contributed by atoms with Crippen LogP contribution in [0, 0.1) is 11.3 Å². The molecule has 1 aliphatic rings. The quantitative estimate of drug-likeness (QED) is 0.781. The van der Waals surface area contributed by atoms with E-state index in [1.165, 1.54) is 0 Å². The van der Waals surface area contributed by atoms with Crippen LogP contribution in [0.15, 0.2) is 18.3 Å². The first-order valence-electron chi connectivity index (χ1n) is 5.12. The van der Waals surface area contributed by atoms with E-state index in [1.807, 2.05) is 0 Å². The van der Waals surface area contributed by atoms with E-state index in [0.717, 1.165) is 25.9 Å². The first kappa shape index (κ1) is 9.94. The molecule has 1 atom stereocenters. The van der Waals surface area contributed by atoms with Crippen LogP contribution >= 0.6 is 0 Å². The molecule has 4 nitrogen and oxygen atoms in total. The van der Waals surface area contributed by atoms with Crippen LogP contribution < -0.4 is 10.1 Å². The Balaban J connectivity index is 2.00. The average molecular weight is 203 g/mol. The van der Waals surface area contributed by atoms with Gasteiger partial charge in [0.2, 0.25) is 5.88 Å². The highest BCUT2D eigenvalue weighted by atomic mass is 16.5. The minimum absolute atomic E-state index is 0.181. The summed E-state index contributed by atoms with van der Waals surface area (Å²) in [5.74, 6) is 0.544. The van der Waals surface area contributed by atoms with Gasteiger partial charge in [0.15, 0.2) is 0 Å². The topological polar surface area (TPSA) is 57.9 Å². The summed E-state index contributed by atoms with van der Waals surface area (Å²) in [6, 6.07) is 5.42. The molecule has 2 heterocycles. The predicted octanol–water partition coefficient (Wildman–Crippen LogP) is 1.08. The summed E-state index contributed by atoms with van der Waals surface area (Å²) in [5, 5.41) is 12.0. The summed E-state index contributed by atoms with van der Waals surface area (Å²) in [6.45, 7) is 1.92. The minimum Gasteiger partial charge on any atom is -0.473 e. The standard InChI is InChI=1S/C11H13N3O/c12-7-9-3-5-14-11(6-9)15-10-2-1-4-13-8-10/h3,5-6,10,13H,1-2,4,8H2. The second kappa shape index (κ2) is 4.76. The van der Waals surface area contributed by atoms with Gasteiger partial charge in [-0.2, -0.15) is 5.26 Å². The number of nitrogens with zero attached hydrogens (tertiary/aromatic N) is 2. The van der Waals surface area contributed by atoms with Gasteiger partial charge in [0.1, 0.15) is 6.10 Å². The molecule has 15 heavy (non-hydrogen) atoms. The summed E-state index contributed by atoms with van der Waals surface area (Å²) >= 11 is 0. The van der Waals surface area contributed by atoms with Crippen LogP contribution in [0.5, 0.6) is 5.88 Å². The summed E-state index contributed by atoms with van der Waals surface area (Å²) in [4.78, 5) is 4.08. The molecule has 0 aliphatic carbocycles. The number of aromatic nitrogens is 1. The number of nitriles is 1. The lowest BCUT2D eigenvalue weighted by Crippen LogP contribution is -2.37. The van der Waals surface area contributed by atoms with Crippen molar-refractivity contribution in [2.75, 3.05) is 13.1 Å². The fourth-order valence-corrected chi connectivity index (χ4v) is 1.63. The monoisotopic (exact) mass is 203 g/mol. The zero-order chi connectivity index (χ0) is 10.5. The second-order valence-corrected chi connectivity index (χ2v) is 3.58. The van der Waals surface area contributed by atoms with Crippen molar-refractivity contribution in [1.82, 2.24) is 10.3 Å². The van der Waals surface area contributed by atoms with E-state index in [4.69, 9.17) is 10.00 Å². The van der Waals surface area contributed by atoms with E-state index in [1.54, 1.807) is 18.3 Å². The lowest BCUT2D eigenvalue weighted by atomic mass is 10.1. The Hall–Kier alpha value is -1.60. The molecule has 1 aromatic rings. The molecule has 1 saturated heterocycles. The van der Waals surface area contributed by atoms with Gasteiger partial charge in [-0.05, 0) is 25.5 Å². The maximum absolute atomic E-state index is 8.72. The minimum atomic E-state index is 0.181. The lowest BCUT2D eigenvalue weighted by Gasteiger charge is -2.23. The molecule has 1 aromatic heterocycles. The second-order valence-electron chi connectivity index (χ2n) is 3.58. The van der Waals surface area contributed by atoms with Crippen molar-refractivity contribution in [1.29, 1.82) is 5.26 Å². The van der Waals surface area contributed by atoms with Crippen molar-refractivity contribution in [2.24, 2.45) is 0 Å². The maximum Gasteiger partial charge on any atom is 0.214 e. The number of pyridine rings is 1. The number of rotatable bonds is 2. The zero-order valence-electron chi connectivity index (χ0n) is 8.44. The van der Waals surface area contributed by atoms with Gasteiger partial charge in [-0.1, -0.05) is 0 Å². The third kappa shape index (κ3) is 2.67. The summed E-state index contributed by atoms with van der Waals surface area (Å²) in [5.41, 5.74) is 0.587. The maximum atomic E-state index is 8.72. The molecule has 1 unspecified atom stereocenters. The number of nitrogens with one attached hydrogen (secondary N) is 1. The van der Waals surface area contributed by atoms with Crippen molar-refractivity contribution >= 4 is 0 Å². The van der Waals surface area contributed by atoms with Gasteiger partial charge >= 0.3 is 0 Å². The van der Waals surface area contributed by atoms with Gasteiger partial charge in [-0.3, -0.25) is 0 Å². The van der Waals surface area contributed by atoms with Gasteiger partial charge < -0.3 is 10.1 Å². The summed E-state index contributed by atoms with van der Waals surface area (Å²) in [7, 11) is 0. The Morgan fingerprint density at radius 3 is 3.27 bits per heavy atom. The Labute approximate surface area is 88.9 Å². The lowest BCUT2D eigenvalue weighted by molar-refractivity contribution is 0.160. The molecule has 1 aliphatic heterocycles. The smallest absolute Gasteiger partial charge is 0.214 e. The van der Waals surface area contributed by atoms with E-state index in [2.05, 4.69) is 16.4 Å². The highest BCUT2D eigenvalue weighted by molar-refractivity contribution is 5.31. The zero-order valence-corrected chi connectivity index (χ0v) is 8.44. The third-order valence-corrected chi connectivity index (χ3v) is 2.40. The number of ether oxygens (including phenoxy) is 1. The van der Waals surface area contributed by atoms with Crippen LogP contribution in [0.1, 0.15) is 18.4 Å². The molecule has 1 fully saturated rings. The molecule has 2 rings (SSSR count). The van der Waals surface area contributed by atoms with Gasteiger partial charge in [0.25, 0.3) is 0 Å². The van der Waals surface area contributed by atoms with Crippen LogP contribution in [0.2, 0.25) is 0 Å². The van der Waals surface area contributed by atoms with E-state index in [0.29, 0.717) is 11.4 Å². The van der Waals surface area contributed by atoms with E-state index in [-0.39, 0.29) is 6.10 Å². The summed E-state index contributed by atoms with van der Waals surface area (Å²) in [6.07, 6.45) is 3.96. The van der Waals surface area contributed by atoms with Crippen molar-refractivity contribution in [2.45, 2.75) is 18.9 Å². The molecule has 0 bridgehead atoms.